The van der Waals surface area contributed by atoms with Crippen LogP contribution < -0.4 is 0 Å². The maximum Gasteiger partial charge on any atom is 0.0788 e. The summed E-state index contributed by atoms with van der Waals surface area (Å²) < 4.78 is 4.97. The van der Waals surface area contributed by atoms with Crippen LogP contribution in [0.3, 0.4) is 0 Å². The quantitative estimate of drug-likeness (QED) is 0.396. The Balaban J connectivity index is 3.08. The number of alkyl halides is 2. The van der Waals surface area contributed by atoms with Crippen molar-refractivity contribution in [2.75, 3.05) is 23.3 Å². The molecule has 0 heterocycles. The van der Waals surface area contributed by atoms with Gasteiger partial charge >= 0.3 is 0 Å². The van der Waals surface area contributed by atoms with Crippen LogP contribution in [-0.2, 0) is 3.63 Å². The van der Waals surface area contributed by atoms with Crippen molar-refractivity contribution in [2.24, 2.45) is 0 Å². The summed E-state index contributed by atoms with van der Waals surface area (Å²) in [7, 11) is 0. The summed E-state index contributed by atoms with van der Waals surface area (Å²) in [5.74, 6) is 1.25. The summed E-state index contributed by atoms with van der Waals surface area (Å²) in [6.07, 6.45) is -1.10. The van der Waals surface area contributed by atoms with Gasteiger partial charge in [0, 0.05) is 47.4 Å². The van der Waals surface area contributed by atoms with Gasteiger partial charge in [0.15, 0.2) is 0 Å². The van der Waals surface area contributed by atoms with Crippen molar-refractivity contribution < 1.29 is 13.8 Å². The van der Waals surface area contributed by atoms with Gasteiger partial charge < -0.3 is 10.2 Å². The first kappa shape index (κ1) is 14.2. The van der Waals surface area contributed by atoms with E-state index in [0.717, 1.165) is 24.1 Å². The third kappa shape index (κ3) is 9.46. The number of hydrogen-bond donors (Lipinski definition) is 2. The minimum Gasteiger partial charge on any atom is -0.391 e. The zero-order valence-corrected chi connectivity index (χ0v) is 10.0. The molecular formula is C6H12Cl2O3S2. The van der Waals surface area contributed by atoms with E-state index in [9.17, 15) is 0 Å². The smallest absolute Gasteiger partial charge is 0.0788 e. The summed E-state index contributed by atoms with van der Waals surface area (Å²) in [4.78, 5) is 0. The Morgan fingerprint density at radius 1 is 1.00 bits per heavy atom. The summed E-state index contributed by atoms with van der Waals surface area (Å²) in [5.41, 5.74) is 0. The lowest BCUT2D eigenvalue weighted by molar-refractivity contribution is 0.222. The molecule has 0 aliphatic carbocycles. The minimum absolute atomic E-state index is 0.200. The predicted molar refractivity (Wildman–Crippen MR) is 59.5 cm³/mol. The second kappa shape index (κ2) is 9.71. The molecule has 0 amide bonds. The molecule has 2 N–H and O–H groups in total. The maximum atomic E-state index is 9.00. The third-order valence-corrected chi connectivity index (χ3v) is 3.50. The fraction of sp³-hybridized carbons (Fsp3) is 1.00. The summed E-state index contributed by atoms with van der Waals surface area (Å²) in [5, 5.41) is 18.0. The van der Waals surface area contributed by atoms with Crippen LogP contribution in [0.2, 0.25) is 0 Å². The monoisotopic (exact) mass is 266 g/mol. The predicted octanol–water partition coefficient (Wildman–Crippen LogP) is 1.50. The SMILES string of the molecule is OC(CCl)CSOSCC(O)CCl. The lowest BCUT2D eigenvalue weighted by Crippen LogP contribution is -2.12. The lowest BCUT2D eigenvalue weighted by Gasteiger charge is -2.06. The fourth-order valence-corrected chi connectivity index (χ4v) is 2.08. The first-order chi connectivity index (χ1) is 6.20. The Hall–Kier alpha value is 1.16. The van der Waals surface area contributed by atoms with Crippen molar-refractivity contribution in [2.45, 2.75) is 12.2 Å². The highest BCUT2D eigenvalue weighted by molar-refractivity contribution is 8.07. The van der Waals surface area contributed by atoms with Crippen LogP contribution in [0.5, 0.6) is 0 Å². The highest BCUT2D eigenvalue weighted by Crippen LogP contribution is 2.17. The van der Waals surface area contributed by atoms with Gasteiger partial charge in [0.05, 0.1) is 12.2 Å². The van der Waals surface area contributed by atoms with Crippen LogP contribution in [0, 0.1) is 0 Å². The highest BCUT2D eigenvalue weighted by Gasteiger charge is 2.05. The van der Waals surface area contributed by atoms with Crippen molar-refractivity contribution in [3.63, 3.8) is 0 Å². The Morgan fingerprint density at radius 2 is 1.38 bits per heavy atom. The fourth-order valence-electron chi connectivity index (χ4n) is 0.336. The third-order valence-electron chi connectivity index (χ3n) is 0.973. The van der Waals surface area contributed by atoms with Gasteiger partial charge in [0.25, 0.3) is 0 Å². The molecule has 0 spiro atoms. The minimum atomic E-state index is -0.551. The van der Waals surface area contributed by atoms with Crippen LogP contribution in [0.1, 0.15) is 0 Å². The molecule has 0 radical (unpaired) electrons. The standard InChI is InChI=1S/C6H12Cl2O3S2/c7-1-5(9)3-12-11-13-4-6(10)2-8/h5-6,9-10H,1-4H2. The van der Waals surface area contributed by atoms with Gasteiger partial charge in [-0.25, -0.2) is 3.63 Å². The molecule has 0 aromatic rings. The summed E-state index contributed by atoms with van der Waals surface area (Å²) in [6, 6.07) is 0. The Bertz CT molecular complexity index is 108. The molecule has 0 saturated heterocycles. The first-order valence-electron chi connectivity index (χ1n) is 3.59. The molecule has 0 saturated carbocycles. The second-order valence-corrected chi connectivity index (χ2v) is 4.55. The molecule has 0 fully saturated rings. The number of aliphatic hydroxyl groups is 2. The molecule has 0 aliphatic heterocycles. The van der Waals surface area contributed by atoms with E-state index in [1.165, 1.54) is 0 Å². The van der Waals surface area contributed by atoms with Crippen LogP contribution in [0.15, 0.2) is 0 Å². The zero-order valence-electron chi connectivity index (χ0n) is 6.86. The molecule has 0 bridgehead atoms. The Labute approximate surface area is 96.5 Å². The molecule has 3 nitrogen and oxygen atoms in total. The number of aliphatic hydroxyl groups excluding tert-OH is 2. The molecule has 0 aliphatic rings. The Kier molecular flexibility index (Phi) is 10.6. The molecule has 2 atom stereocenters. The van der Waals surface area contributed by atoms with Crippen LogP contribution in [0.25, 0.3) is 0 Å². The van der Waals surface area contributed by atoms with Gasteiger partial charge in [-0.15, -0.1) is 23.2 Å². The maximum absolute atomic E-state index is 9.00. The van der Waals surface area contributed by atoms with Crippen molar-refractivity contribution in [1.29, 1.82) is 0 Å². The Morgan fingerprint density at radius 3 is 1.69 bits per heavy atom. The van der Waals surface area contributed by atoms with Gasteiger partial charge in [-0.05, 0) is 0 Å². The van der Waals surface area contributed by atoms with E-state index in [2.05, 4.69) is 0 Å². The van der Waals surface area contributed by atoms with Crippen molar-refractivity contribution >= 4 is 47.3 Å². The molecule has 80 valence electrons. The van der Waals surface area contributed by atoms with E-state index < -0.39 is 12.2 Å². The molecule has 13 heavy (non-hydrogen) atoms. The van der Waals surface area contributed by atoms with Gasteiger partial charge in [-0.1, -0.05) is 0 Å². The van der Waals surface area contributed by atoms with E-state index in [4.69, 9.17) is 37.0 Å². The number of rotatable bonds is 8. The van der Waals surface area contributed by atoms with Gasteiger partial charge in [0.1, 0.15) is 0 Å². The average Bonchev–Trinajstić information content (AvgIpc) is 2.16. The highest BCUT2D eigenvalue weighted by atomic mass is 35.5. The normalized spacial score (nSPS) is 15.7. The van der Waals surface area contributed by atoms with Crippen LogP contribution in [0.4, 0.5) is 0 Å². The van der Waals surface area contributed by atoms with E-state index in [1.54, 1.807) is 0 Å². The van der Waals surface area contributed by atoms with Crippen LogP contribution >= 0.6 is 47.3 Å². The number of hydrogen-bond acceptors (Lipinski definition) is 5. The second-order valence-electron chi connectivity index (χ2n) is 2.25. The molecule has 0 aromatic carbocycles. The van der Waals surface area contributed by atoms with E-state index >= 15 is 0 Å². The van der Waals surface area contributed by atoms with Gasteiger partial charge in [0.2, 0.25) is 0 Å². The van der Waals surface area contributed by atoms with E-state index in [-0.39, 0.29) is 11.8 Å². The topological polar surface area (TPSA) is 49.7 Å². The molecule has 0 aromatic heterocycles. The zero-order chi connectivity index (χ0) is 10.1. The lowest BCUT2D eigenvalue weighted by atomic mass is 10.5. The number of halogens is 2. The van der Waals surface area contributed by atoms with Gasteiger partial charge in [-0.3, -0.25) is 0 Å². The summed E-state index contributed by atoms with van der Waals surface area (Å²) >= 11 is 12.9. The molecule has 7 heteroatoms. The van der Waals surface area contributed by atoms with E-state index in [0.29, 0.717) is 11.5 Å². The first-order valence-corrected chi connectivity index (χ1v) is 6.49. The van der Waals surface area contributed by atoms with E-state index in [1.807, 2.05) is 0 Å². The van der Waals surface area contributed by atoms with Crippen molar-refractivity contribution in [3.05, 3.63) is 0 Å². The molecule has 0 rings (SSSR count). The van der Waals surface area contributed by atoms with Crippen LogP contribution in [-0.4, -0.2) is 45.7 Å². The van der Waals surface area contributed by atoms with Crippen molar-refractivity contribution in [3.8, 4) is 0 Å². The van der Waals surface area contributed by atoms with Gasteiger partial charge in [-0.2, -0.15) is 0 Å². The summed E-state index contributed by atoms with van der Waals surface area (Å²) in [6.45, 7) is 0. The molecule has 2 unspecified atom stereocenters. The van der Waals surface area contributed by atoms with Crippen molar-refractivity contribution in [1.82, 2.24) is 0 Å². The molecular weight excluding hydrogens is 255 g/mol. The average molecular weight is 267 g/mol. The largest absolute Gasteiger partial charge is 0.391 e.